The Labute approximate surface area is 110 Å². The second-order valence-corrected chi connectivity index (χ2v) is 5.58. The summed E-state index contributed by atoms with van der Waals surface area (Å²) in [5, 5.41) is 0. The van der Waals surface area contributed by atoms with Crippen LogP contribution in [-0.4, -0.2) is 42.0 Å². The predicted octanol–water partition coefficient (Wildman–Crippen LogP) is 1.57. The lowest BCUT2D eigenvalue weighted by Crippen LogP contribution is -2.54. The molecule has 2 unspecified atom stereocenters. The highest BCUT2D eigenvalue weighted by molar-refractivity contribution is 5.19. The average molecular weight is 251 g/mol. The van der Waals surface area contributed by atoms with E-state index in [9.17, 15) is 0 Å². The summed E-state index contributed by atoms with van der Waals surface area (Å²) in [4.78, 5) is 4.91. The van der Waals surface area contributed by atoms with E-state index in [0.717, 1.165) is 31.2 Å². The molecule has 0 aromatic carbocycles. The van der Waals surface area contributed by atoms with E-state index in [-0.39, 0.29) is 0 Å². The quantitative estimate of drug-likeness (QED) is 0.886. The van der Waals surface area contributed by atoms with Crippen LogP contribution in [0.3, 0.4) is 0 Å². The van der Waals surface area contributed by atoms with Crippen LogP contribution < -0.4 is 5.73 Å². The van der Waals surface area contributed by atoms with Gasteiger partial charge in [-0.1, -0.05) is 0 Å². The highest BCUT2D eigenvalue weighted by atomic mass is 16.3. The number of aryl methyl sites for hydroxylation is 1. The van der Waals surface area contributed by atoms with E-state index < -0.39 is 0 Å². The summed E-state index contributed by atoms with van der Waals surface area (Å²) >= 11 is 0. The molecule has 1 aromatic rings. The average Bonchev–Trinajstić information content (AvgIpc) is 2.66. The minimum atomic E-state index is 0.487. The summed E-state index contributed by atoms with van der Waals surface area (Å²) in [6, 6.07) is 3.31. The van der Waals surface area contributed by atoms with Crippen molar-refractivity contribution in [1.29, 1.82) is 0 Å². The van der Waals surface area contributed by atoms with Gasteiger partial charge < -0.3 is 10.2 Å². The zero-order chi connectivity index (χ0) is 13.3. The highest BCUT2D eigenvalue weighted by Crippen LogP contribution is 2.19. The van der Waals surface area contributed by atoms with Gasteiger partial charge in [0.15, 0.2) is 0 Å². The van der Waals surface area contributed by atoms with Crippen LogP contribution in [-0.2, 0) is 13.1 Å². The minimum Gasteiger partial charge on any atom is -0.463 e. The van der Waals surface area contributed by atoms with Gasteiger partial charge in [0.25, 0.3) is 0 Å². The maximum atomic E-state index is 5.78. The van der Waals surface area contributed by atoms with E-state index in [2.05, 4.69) is 43.7 Å². The van der Waals surface area contributed by atoms with Crippen LogP contribution >= 0.6 is 0 Å². The molecule has 0 saturated carbocycles. The molecule has 1 aliphatic heterocycles. The van der Waals surface area contributed by atoms with Gasteiger partial charge in [-0.3, -0.25) is 9.80 Å². The predicted molar refractivity (Wildman–Crippen MR) is 73.3 cm³/mol. The van der Waals surface area contributed by atoms with Crippen LogP contribution in [0.1, 0.15) is 30.9 Å². The lowest BCUT2D eigenvalue weighted by molar-refractivity contribution is 0.0516. The van der Waals surface area contributed by atoms with Gasteiger partial charge in [-0.05, 0) is 39.4 Å². The third-order valence-electron chi connectivity index (χ3n) is 4.07. The Morgan fingerprint density at radius 2 is 1.94 bits per heavy atom. The van der Waals surface area contributed by atoms with Gasteiger partial charge in [-0.25, -0.2) is 0 Å². The summed E-state index contributed by atoms with van der Waals surface area (Å²) in [6.45, 7) is 10.2. The summed E-state index contributed by atoms with van der Waals surface area (Å²) in [5.41, 5.74) is 6.81. The highest BCUT2D eigenvalue weighted by Gasteiger charge is 2.26. The van der Waals surface area contributed by atoms with Crippen molar-refractivity contribution in [1.82, 2.24) is 9.80 Å². The monoisotopic (exact) mass is 251 g/mol. The van der Waals surface area contributed by atoms with Crippen LogP contribution in [0.25, 0.3) is 0 Å². The van der Waals surface area contributed by atoms with Crippen LogP contribution in [0.15, 0.2) is 10.5 Å². The Balaban J connectivity index is 2.01. The maximum absolute atomic E-state index is 5.78. The Kier molecular flexibility index (Phi) is 4.10. The number of rotatable bonds is 3. The molecule has 1 aliphatic rings. The lowest BCUT2D eigenvalue weighted by atomic mass is 10.1. The third kappa shape index (κ3) is 2.76. The molecule has 2 atom stereocenters. The van der Waals surface area contributed by atoms with Crippen molar-refractivity contribution in [3.05, 3.63) is 23.2 Å². The fraction of sp³-hybridized carbons (Fsp3) is 0.714. The molecule has 0 radical (unpaired) electrons. The zero-order valence-electron chi connectivity index (χ0n) is 11.9. The number of piperazine rings is 1. The van der Waals surface area contributed by atoms with Crippen LogP contribution in [0, 0.1) is 6.92 Å². The van der Waals surface area contributed by atoms with Crippen molar-refractivity contribution in [2.45, 2.75) is 45.9 Å². The molecule has 1 fully saturated rings. The molecule has 18 heavy (non-hydrogen) atoms. The summed E-state index contributed by atoms with van der Waals surface area (Å²) in [6.07, 6.45) is 0. The van der Waals surface area contributed by atoms with Crippen LogP contribution in [0.2, 0.25) is 0 Å². The van der Waals surface area contributed by atoms with E-state index in [0.29, 0.717) is 18.6 Å². The third-order valence-corrected chi connectivity index (χ3v) is 4.07. The van der Waals surface area contributed by atoms with E-state index in [1.54, 1.807) is 0 Å². The Morgan fingerprint density at radius 1 is 1.33 bits per heavy atom. The van der Waals surface area contributed by atoms with Gasteiger partial charge in [-0.15, -0.1) is 0 Å². The van der Waals surface area contributed by atoms with Gasteiger partial charge in [-0.2, -0.15) is 0 Å². The second kappa shape index (κ2) is 5.43. The Bertz CT molecular complexity index is 390. The molecule has 0 amide bonds. The largest absolute Gasteiger partial charge is 0.463 e. The topological polar surface area (TPSA) is 45.6 Å². The van der Waals surface area contributed by atoms with E-state index in [1.807, 2.05) is 0 Å². The van der Waals surface area contributed by atoms with Crippen LogP contribution in [0.5, 0.6) is 0 Å². The smallest absolute Gasteiger partial charge is 0.120 e. The minimum absolute atomic E-state index is 0.487. The summed E-state index contributed by atoms with van der Waals surface area (Å²) in [5.74, 6) is 1.96. The molecule has 1 saturated heterocycles. The number of hydrogen-bond donors (Lipinski definition) is 1. The zero-order valence-corrected chi connectivity index (χ0v) is 11.9. The SMILES string of the molecule is Cc1cc(CN2CC(C)N(C)C(C)C2)oc1CN. The molecule has 4 nitrogen and oxygen atoms in total. The Hall–Kier alpha value is -0.840. The molecule has 4 heteroatoms. The van der Waals surface area contributed by atoms with Crippen molar-refractivity contribution < 1.29 is 4.42 Å². The second-order valence-electron chi connectivity index (χ2n) is 5.58. The van der Waals surface area contributed by atoms with Crippen molar-refractivity contribution in [3.63, 3.8) is 0 Å². The van der Waals surface area contributed by atoms with Crippen molar-refractivity contribution >= 4 is 0 Å². The first kappa shape index (κ1) is 13.6. The standard InChI is InChI=1S/C14H25N3O/c1-10-5-13(18-14(10)6-15)9-17-7-11(2)16(4)12(3)8-17/h5,11-12H,6-9,15H2,1-4H3. The first-order chi connectivity index (χ1) is 8.51. The van der Waals surface area contributed by atoms with Gasteiger partial charge in [0.05, 0.1) is 13.1 Å². The van der Waals surface area contributed by atoms with Gasteiger partial charge in [0.1, 0.15) is 11.5 Å². The molecule has 0 aliphatic carbocycles. The molecule has 1 aromatic heterocycles. The number of likely N-dealkylation sites (N-methyl/N-ethyl adjacent to an activating group) is 1. The molecule has 102 valence electrons. The van der Waals surface area contributed by atoms with Crippen molar-refractivity contribution in [3.8, 4) is 0 Å². The lowest BCUT2D eigenvalue weighted by Gasteiger charge is -2.42. The molecule has 0 bridgehead atoms. The Morgan fingerprint density at radius 3 is 2.44 bits per heavy atom. The molecule has 2 rings (SSSR count). The molecule has 0 spiro atoms. The molecule has 2 N–H and O–H groups in total. The van der Waals surface area contributed by atoms with Crippen molar-refractivity contribution in [2.24, 2.45) is 5.73 Å². The fourth-order valence-electron chi connectivity index (χ4n) is 2.73. The fourth-order valence-corrected chi connectivity index (χ4v) is 2.73. The number of nitrogens with zero attached hydrogens (tertiary/aromatic N) is 2. The maximum Gasteiger partial charge on any atom is 0.120 e. The van der Waals surface area contributed by atoms with Gasteiger partial charge >= 0.3 is 0 Å². The number of nitrogens with two attached hydrogens (primary N) is 1. The first-order valence-corrected chi connectivity index (χ1v) is 6.73. The van der Waals surface area contributed by atoms with Gasteiger partial charge in [0, 0.05) is 25.2 Å². The van der Waals surface area contributed by atoms with E-state index in [1.165, 1.54) is 5.56 Å². The summed E-state index contributed by atoms with van der Waals surface area (Å²) in [7, 11) is 2.20. The normalized spacial score (nSPS) is 26.7. The number of hydrogen-bond acceptors (Lipinski definition) is 4. The molecule has 2 heterocycles. The molecular weight excluding hydrogens is 226 g/mol. The van der Waals surface area contributed by atoms with Crippen LogP contribution in [0.4, 0.5) is 0 Å². The van der Waals surface area contributed by atoms with Crippen molar-refractivity contribution in [2.75, 3.05) is 20.1 Å². The molecular formula is C14H25N3O. The summed E-state index contributed by atoms with van der Waals surface area (Å²) < 4.78 is 5.78. The van der Waals surface area contributed by atoms with Gasteiger partial charge in [0.2, 0.25) is 0 Å². The number of furan rings is 1. The van der Waals surface area contributed by atoms with E-state index in [4.69, 9.17) is 10.2 Å². The van der Waals surface area contributed by atoms with E-state index >= 15 is 0 Å². The first-order valence-electron chi connectivity index (χ1n) is 6.73.